The summed E-state index contributed by atoms with van der Waals surface area (Å²) in [5.41, 5.74) is 0.660. The molecule has 0 aliphatic carbocycles. The first-order chi connectivity index (χ1) is 6.22. The van der Waals surface area contributed by atoms with Gasteiger partial charge in [-0.3, -0.25) is 4.79 Å². The standard InChI is InChI=1S/C9H10ClNO2/c10-6-5-9(13)11-7-1-3-8(12)4-2-7/h1-4,12H,5-6H2,(H,11,13). The van der Waals surface area contributed by atoms with E-state index in [4.69, 9.17) is 16.7 Å². The van der Waals surface area contributed by atoms with E-state index in [9.17, 15) is 4.79 Å². The molecule has 0 saturated carbocycles. The SMILES string of the molecule is O=C(CCCl)Nc1ccc(O)cc1. The van der Waals surface area contributed by atoms with Crippen LogP contribution in [0, 0.1) is 0 Å². The Hall–Kier alpha value is -1.22. The van der Waals surface area contributed by atoms with Crippen molar-refractivity contribution in [1.82, 2.24) is 0 Å². The summed E-state index contributed by atoms with van der Waals surface area (Å²) in [6.45, 7) is 0. The predicted octanol–water partition coefficient (Wildman–Crippen LogP) is 1.96. The van der Waals surface area contributed by atoms with Gasteiger partial charge in [0.15, 0.2) is 0 Å². The minimum atomic E-state index is -0.124. The van der Waals surface area contributed by atoms with Gasteiger partial charge in [0.05, 0.1) is 0 Å². The van der Waals surface area contributed by atoms with Crippen molar-refractivity contribution < 1.29 is 9.90 Å². The molecule has 0 unspecified atom stereocenters. The zero-order valence-corrected chi connectivity index (χ0v) is 7.71. The van der Waals surface area contributed by atoms with Gasteiger partial charge in [0, 0.05) is 18.0 Å². The smallest absolute Gasteiger partial charge is 0.225 e. The molecule has 0 aliphatic heterocycles. The fraction of sp³-hybridized carbons (Fsp3) is 0.222. The van der Waals surface area contributed by atoms with E-state index in [1.165, 1.54) is 12.1 Å². The first-order valence-corrected chi connectivity index (χ1v) is 4.40. The molecule has 0 spiro atoms. The van der Waals surface area contributed by atoms with E-state index in [1.54, 1.807) is 12.1 Å². The Labute approximate surface area is 81.3 Å². The lowest BCUT2D eigenvalue weighted by Gasteiger charge is -2.02. The second-order valence-electron chi connectivity index (χ2n) is 2.53. The number of hydrogen-bond donors (Lipinski definition) is 2. The number of phenols is 1. The molecule has 70 valence electrons. The lowest BCUT2D eigenvalue weighted by molar-refractivity contribution is -0.115. The van der Waals surface area contributed by atoms with E-state index in [0.29, 0.717) is 18.0 Å². The Morgan fingerprint density at radius 1 is 1.38 bits per heavy atom. The number of amides is 1. The van der Waals surface area contributed by atoms with Crippen LogP contribution in [0.1, 0.15) is 6.42 Å². The molecule has 1 aromatic carbocycles. The Balaban J connectivity index is 2.54. The van der Waals surface area contributed by atoms with E-state index in [2.05, 4.69) is 5.32 Å². The highest BCUT2D eigenvalue weighted by Crippen LogP contribution is 2.13. The highest BCUT2D eigenvalue weighted by atomic mass is 35.5. The highest BCUT2D eigenvalue weighted by Gasteiger charge is 2.00. The van der Waals surface area contributed by atoms with Crippen LogP contribution in [0.3, 0.4) is 0 Å². The number of carbonyl (C=O) groups is 1. The van der Waals surface area contributed by atoms with Crippen molar-refractivity contribution in [3.05, 3.63) is 24.3 Å². The molecular weight excluding hydrogens is 190 g/mol. The van der Waals surface area contributed by atoms with Gasteiger partial charge in [-0.25, -0.2) is 0 Å². The van der Waals surface area contributed by atoms with Gasteiger partial charge in [-0.05, 0) is 24.3 Å². The maximum absolute atomic E-state index is 11.0. The van der Waals surface area contributed by atoms with E-state index < -0.39 is 0 Å². The lowest BCUT2D eigenvalue weighted by atomic mass is 10.3. The number of phenolic OH excluding ortho intramolecular Hbond substituents is 1. The van der Waals surface area contributed by atoms with Crippen LogP contribution in [0.2, 0.25) is 0 Å². The summed E-state index contributed by atoms with van der Waals surface area (Å²) >= 11 is 5.39. The van der Waals surface area contributed by atoms with Gasteiger partial charge in [-0.1, -0.05) is 0 Å². The number of halogens is 1. The molecular formula is C9H10ClNO2. The molecule has 0 heterocycles. The van der Waals surface area contributed by atoms with Crippen LogP contribution >= 0.6 is 11.6 Å². The number of hydrogen-bond acceptors (Lipinski definition) is 2. The summed E-state index contributed by atoms with van der Waals surface area (Å²) in [7, 11) is 0. The molecule has 0 fully saturated rings. The Morgan fingerprint density at radius 3 is 2.54 bits per heavy atom. The number of anilines is 1. The quantitative estimate of drug-likeness (QED) is 0.578. The van der Waals surface area contributed by atoms with Crippen molar-refractivity contribution in [1.29, 1.82) is 0 Å². The highest BCUT2D eigenvalue weighted by molar-refractivity contribution is 6.19. The van der Waals surface area contributed by atoms with Crippen LogP contribution in [0.15, 0.2) is 24.3 Å². The summed E-state index contributed by atoms with van der Waals surface area (Å²) in [4.78, 5) is 11.0. The lowest BCUT2D eigenvalue weighted by Crippen LogP contribution is -2.11. The predicted molar refractivity (Wildman–Crippen MR) is 52.1 cm³/mol. The molecule has 1 aromatic rings. The summed E-state index contributed by atoms with van der Waals surface area (Å²) in [6.07, 6.45) is 0.294. The number of alkyl halides is 1. The number of carbonyl (C=O) groups excluding carboxylic acids is 1. The van der Waals surface area contributed by atoms with Crippen molar-refractivity contribution in [2.45, 2.75) is 6.42 Å². The second-order valence-corrected chi connectivity index (χ2v) is 2.91. The van der Waals surface area contributed by atoms with Gasteiger partial charge < -0.3 is 10.4 Å². The van der Waals surface area contributed by atoms with E-state index in [0.717, 1.165) is 0 Å². The second kappa shape index (κ2) is 4.72. The van der Waals surface area contributed by atoms with Gasteiger partial charge in [0.1, 0.15) is 5.75 Å². The summed E-state index contributed by atoms with van der Waals surface area (Å²) < 4.78 is 0. The number of benzene rings is 1. The van der Waals surface area contributed by atoms with Crippen LogP contribution < -0.4 is 5.32 Å². The number of rotatable bonds is 3. The van der Waals surface area contributed by atoms with Crippen molar-refractivity contribution in [2.75, 3.05) is 11.2 Å². The molecule has 1 amide bonds. The molecule has 0 bridgehead atoms. The van der Waals surface area contributed by atoms with E-state index in [1.807, 2.05) is 0 Å². The van der Waals surface area contributed by atoms with Crippen LogP contribution in [0.4, 0.5) is 5.69 Å². The third kappa shape index (κ3) is 3.34. The van der Waals surface area contributed by atoms with Crippen LogP contribution in [0.5, 0.6) is 5.75 Å². The first kappa shape index (κ1) is 9.86. The van der Waals surface area contributed by atoms with Gasteiger partial charge >= 0.3 is 0 Å². The molecule has 13 heavy (non-hydrogen) atoms. The van der Waals surface area contributed by atoms with Gasteiger partial charge in [0.25, 0.3) is 0 Å². The third-order valence-corrected chi connectivity index (χ3v) is 1.66. The summed E-state index contributed by atoms with van der Waals surface area (Å²) in [6, 6.07) is 6.27. The summed E-state index contributed by atoms with van der Waals surface area (Å²) in [5.74, 6) is 0.361. The van der Waals surface area contributed by atoms with Crippen LogP contribution in [0.25, 0.3) is 0 Å². The van der Waals surface area contributed by atoms with E-state index in [-0.39, 0.29) is 11.7 Å². The normalized spacial score (nSPS) is 9.62. The molecule has 3 nitrogen and oxygen atoms in total. The van der Waals surface area contributed by atoms with Crippen molar-refractivity contribution in [3.8, 4) is 5.75 Å². The zero-order valence-electron chi connectivity index (χ0n) is 6.96. The molecule has 0 aromatic heterocycles. The topological polar surface area (TPSA) is 49.3 Å². The maximum Gasteiger partial charge on any atom is 0.225 e. The van der Waals surface area contributed by atoms with Gasteiger partial charge in [-0.15, -0.1) is 11.6 Å². The molecule has 0 radical (unpaired) electrons. The average Bonchev–Trinajstić information content (AvgIpc) is 2.09. The fourth-order valence-electron chi connectivity index (χ4n) is 0.854. The first-order valence-electron chi connectivity index (χ1n) is 3.87. The largest absolute Gasteiger partial charge is 0.508 e. The van der Waals surface area contributed by atoms with Gasteiger partial charge in [0.2, 0.25) is 5.91 Å². The minimum absolute atomic E-state index is 0.124. The number of aromatic hydroxyl groups is 1. The minimum Gasteiger partial charge on any atom is -0.508 e. The monoisotopic (exact) mass is 199 g/mol. The maximum atomic E-state index is 11.0. The summed E-state index contributed by atoms with van der Waals surface area (Å²) in [5, 5.41) is 11.6. The molecule has 0 atom stereocenters. The number of nitrogens with one attached hydrogen (secondary N) is 1. The average molecular weight is 200 g/mol. The van der Waals surface area contributed by atoms with Crippen LogP contribution in [-0.2, 0) is 4.79 Å². The Bertz CT molecular complexity index is 284. The van der Waals surface area contributed by atoms with Crippen molar-refractivity contribution in [2.24, 2.45) is 0 Å². The molecule has 1 rings (SSSR count). The van der Waals surface area contributed by atoms with Crippen molar-refractivity contribution in [3.63, 3.8) is 0 Å². The zero-order chi connectivity index (χ0) is 9.68. The van der Waals surface area contributed by atoms with Gasteiger partial charge in [-0.2, -0.15) is 0 Å². The van der Waals surface area contributed by atoms with E-state index >= 15 is 0 Å². The third-order valence-electron chi connectivity index (χ3n) is 1.47. The van der Waals surface area contributed by atoms with Crippen molar-refractivity contribution >= 4 is 23.2 Å². The molecule has 0 aliphatic rings. The Kier molecular flexibility index (Phi) is 3.58. The Morgan fingerprint density at radius 2 is 2.00 bits per heavy atom. The van der Waals surface area contributed by atoms with Crippen LogP contribution in [-0.4, -0.2) is 16.9 Å². The molecule has 2 N–H and O–H groups in total. The molecule has 0 saturated heterocycles. The fourth-order valence-corrected chi connectivity index (χ4v) is 1.03. The molecule has 4 heteroatoms.